The molecule has 3 amide bonds. The molecule has 12 heteroatoms. The van der Waals surface area contributed by atoms with Gasteiger partial charge in [0, 0.05) is 34.9 Å². The maximum atomic E-state index is 13.5. The quantitative estimate of drug-likeness (QED) is 0.509. The summed E-state index contributed by atoms with van der Waals surface area (Å²) in [5.41, 5.74) is 7.08. The van der Waals surface area contributed by atoms with Gasteiger partial charge in [-0.15, -0.1) is 0 Å². The molecule has 0 saturated heterocycles. The van der Waals surface area contributed by atoms with Gasteiger partial charge in [-0.2, -0.15) is 13.2 Å². The van der Waals surface area contributed by atoms with Gasteiger partial charge in [0.2, 0.25) is 18.0 Å². The van der Waals surface area contributed by atoms with E-state index in [-0.39, 0.29) is 13.2 Å². The topological polar surface area (TPSA) is 114 Å². The van der Waals surface area contributed by atoms with E-state index < -0.39 is 55.2 Å². The molecular formula is C27H30ClF3N4O4. The Hall–Kier alpha value is -3.60. The summed E-state index contributed by atoms with van der Waals surface area (Å²) in [6.45, 7) is 4.62. The van der Waals surface area contributed by atoms with E-state index in [1.165, 1.54) is 11.3 Å². The van der Waals surface area contributed by atoms with Crippen molar-refractivity contribution in [1.82, 2.24) is 5.32 Å². The van der Waals surface area contributed by atoms with Crippen molar-refractivity contribution < 1.29 is 32.3 Å². The summed E-state index contributed by atoms with van der Waals surface area (Å²) in [6, 6.07) is 11.9. The van der Waals surface area contributed by atoms with Crippen molar-refractivity contribution in [3.8, 4) is 5.75 Å². The summed E-state index contributed by atoms with van der Waals surface area (Å²) >= 11 is 6.18. The van der Waals surface area contributed by atoms with E-state index >= 15 is 0 Å². The molecule has 0 spiro atoms. The Balaban J connectivity index is 0.00000134. The Labute approximate surface area is 229 Å². The fraction of sp³-hybridized carbons (Fsp3) is 0.407. The molecule has 39 heavy (non-hydrogen) atoms. The van der Waals surface area contributed by atoms with Gasteiger partial charge in [-0.25, -0.2) is 4.99 Å². The third kappa shape index (κ3) is 7.72. The fourth-order valence-corrected chi connectivity index (χ4v) is 4.40. The molecule has 2 aliphatic rings. The third-order valence-electron chi connectivity index (χ3n) is 5.83. The van der Waals surface area contributed by atoms with Crippen molar-refractivity contribution in [3.63, 3.8) is 0 Å². The number of anilines is 1. The van der Waals surface area contributed by atoms with Crippen LogP contribution >= 0.6 is 11.6 Å². The first-order chi connectivity index (χ1) is 18.4. The van der Waals surface area contributed by atoms with Crippen LogP contribution in [0.1, 0.15) is 50.7 Å². The van der Waals surface area contributed by atoms with Crippen LogP contribution in [0.25, 0.3) is 0 Å². The second kappa shape index (κ2) is 13.0. The second-order valence-electron chi connectivity index (χ2n) is 9.12. The zero-order chi connectivity index (χ0) is 28.7. The minimum atomic E-state index is -4.53. The Morgan fingerprint density at radius 1 is 1.23 bits per heavy atom. The summed E-state index contributed by atoms with van der Waals surface area (Å²) in [4.78, 5) is 43.9. The Kier molecular flexibility index (Phi) is 9.96. The number of halogens is 4. The number of rotatable bonds is 7. The molecule has 0 aromatic heterocycles. The third-order valence-corrected chi connectivity index (χ3v) is 6.06. The number of hydrogen-bond donors (Lipinski definition) is 2. The molecule has 0 saturated carbocycles. The molecule has 2 aromatic carbocycles. The molecule has 2 atom stereocenters. The fourth-order valence-electron chi connectivity index (χ4n) is 4.21. The number of benzene rings is 2. The molecule has 2 aromatic rings. The number of alkyl halides is 3. The van der Waals surface area contributed by atoms with Crippen LogP contribution in [0.5, 0.6) is 5.75 Å². The number of nitrogens with zero attached hydrogens (tertiary/aromatic N) is 2. The highest BCUT2D eigenvalue weighted by Crippen LogP contribution is 2.39. The van der Waals surface area contributed by atoms with Crippen molar-refractivity contribution in [2.45, 2.75) is 51.9 Å². The lowest BCUT2D eigenvalue weighted by atomic mass is 9.97. The predicted octanol–water partition coefficient (Wildman–Crippen LogP) is 4.61. The van der Waals surface area contributed by atoms with Crippen LogP contribution in [0, 0.1) is 5.92 Å². The zero-order valence-corrected chi connectivity index (χ0v) is 22.3. The molecule has 2 aliphatic heterocycles. The first kappa shape index (κ1) is 29.9. The maximum absolute atomic E-state index is 13.5. The van der Waals surface area contributed by atoms with Crippen LogP contribution in [0.15, 0.2) is 47.5 Å². The smallest absolute Gasteiger partial charge is 0.389 e. The van der Waals surface area contributed by atoms with E-state index in [0.29, 0.717) is 33.3 Å². The van der Waals surface area contributed by atoms with Gasteiger partial charge < -0.3 is 20.7 Å². The molecule has 0 aliphatic carbocycles. The number of aliphatic imine (C=N–C) groups is 1. The van der Waals surface area contributed by atoms with E-state index in [2.05, 4.69) is 24.2 Å². The van der Waals surface area contributed by atoms with Crippen molar-refractivity contribution >= 4 is 40.7 Å². The normalized spacial score (nSPS) is 17.0. The van der Waals surface area contributed by atoms with Gasteiger partial charge >= 0.3 is 6.18 Å². The standard InChI is InChI=1S/C24H22ClF3N4O4.C3H8/c25-15-4-1-3-13(11-15)19-16-5-2-6-17-20(16)32(9-10-36-17)23(35)21(30-19)31-22(34)14(12-18(29)33)7-8-24(26,27)28;1-3-2/h1-6,11,14,21H,7-10,12H2,(H2,29,33)(H,31,34);3H2,1-2H3. The van der Waals surface area contributed by atoms with Crippen LogP contribution in [0.2, 0.25) is 5.02 Å². The molecule has 8 nitrogen and oxygen atoms in total. The first-order valence-corrected chi connectivity index (χ1v) is 12.9. The lowest BCUT2D eigenvalue weighted by Gasteiger charge is -2.31. The SMILES string of the molecule is CCC.NC(=O)CC(CCC(F)(F)F)C(=O)NC1N=C(c2cccc(Cl)c2)c2cccc3c2N(CCO3)C1=O. The Morgan fingerprint density at radius 2 is 1.92 bits per heavy atom. The van der Waals surface area contributed by atoms with Gasteiger partial charge in [-0.1, -0.05) is 56.1 Å². The number of carbonyl (C=O) groups excluding carboxylic acids is 3. The van der Waals surface area contributed by atoms with E-state index in [1.54, 1.807) is 42.5 Å². The number of nitrogens with two attached hydrogens (primary N) is 1. The van der Waals surface area contributed by atoms with Gasteiger partial charge in [0.1, 0.15) is 12.4 Å². The summed E-state index contributed by atoms with van der Waals surface area (Å²) in [5.74, 6) is -3.38. The van der Waals surface area contributed by atoms with Gasteiger partial charge in [-0.3, -0.25) is 14.4 Å². The molecule has 2 heterocycles. The highest BCUT2D eigenvalue weighted by atomic mass is 35.5. The number of para-hydroxylation sites is 1. The molecule has 2 unspecified atom stereocenters. The largest absolute Gasteiger partial charge is 0.490 e. The highest BCUT2D eigenvalue weighted by molar-refractivity contribution is 6.31. The van der Waals surface area contributed by atoms with Crippen LogP contribution < -0.4 is 20.7 Å². The molecule has 210 valence electrons. The number of ether oxygens (including phenoxy) is 1. The van der Waals surface area contributed by atoms with Crippen LogP contribution in [0.4, 0.5) is 18.9 Å². The van der Waals surface area contributed by atoms with E-state index in [9.17, 15) is 27.6 Å². The molecule has 4 rings (SSSR count). The zero-order valence-electron chi connectivity index (χ0n) is 21.6. The minimum Gasteiger partial charge on any atom is -0.490 e. The average Bonchev–Trinajstić information content (AvgIpc) is 2.98. The van der Waals surface area contributed by atoms with Gasteiger partial charge in [-0.05, 0) is 24.6 Å². The maximum Gasteiger partial charge on any atom is 0.389 e. The highest BCUT2D eigenvalue weighted by Gasteiger charge is 2.38. The van der Waals surface area contributed by atoms with Crippen molar-refractivity contribution in [3.05, 3.63) is 58.6 Å². The summed E-state index contributed by atoms with van der Waals surface area (Å²) in [7, 11) is 0. The molecule has 0 fully saturated rings. The number of primary amides is 1. The summed E-state index contributed by atoms with van der Waals surface area (Å²) < 4.78 is 44.1. The second-order valence-corrected chi connectivity index (χ2v) is 9.55. The predicted molar refractivity (Wildman–Crippen MR) is 142 cm³/mol. The summed E-state index contributed by atoms with van der Waals surface area (Å²) in [5, 5.41) is 2.86. The Bertz CT molecular complexity index is 1250. The van der Waals surface area contributed by atoms with Crippen LogP contribution in [0.3, 0.4) is 0 Å². The van der Waals surface area contributed by atoms with E-state index in [4.69, 9.17) is 22.1 Å². The first-order valence-electron chi connectivity index (χ1n) is 12.5. The number of carbonyl (C=O) groups is 3. The molecule has 0 bridgehead atoms. The summed E-state index contributed by atoms with van der Waals surface area (Å²) in [6.07, 6.45) is -7.29. The number of hydrogen-bond acceptors (Lipinski definition) is 5. The minimum absolute atomic E-state index is 0.173. The monoisotopic (exact) mass is 566 g/mol. The van der Waals surface area contributed by atoms with Crippen LogP contribution in [-0.2, 0) is 14.4 Å². The molecule has 3 N–H and O–H groups in total. The van der Waals surface area contributed by atoms with E-state index in [0.717, 1.165) is 0 Å². The van der Waals surface area contributed by atoms with Crippen molar-refractivity contribution in [2.75, 3.05) is 18.1 Å². The lowest BCUT2D eigenvalue weighted by Crippen LogP contribution is -2.51. The van der Waals surface area contributed by atoms with Gasteiger partial charge in [0.15, 0.2) is 0 Å². The lowest BCUT2D eigenvalue weighted by molar-refractivity contribution is -0.143. The molecular weight excluding hydrogens is 537 g/mol. The van der Waals surface area contributed by atoms with Crippen molar-refractivity contribution in [2.24, 2.45) is 16.6 Å². The van der Waals surface area contributed by atoms with E-state index in [1.807, 2.05) is 0 Å². The van der Waals surface area contributed by atoms with Gasteiger partial charge in [0.25, 0.3) is 5.91 Å². The van der Waals surface area contributed by atoms with Gasteiger partial charge in [0.05, 0.1) is 17.9 Å². The molecule has 0 radical (unpaired) electrons. The van der Waals surface area contributed by atoms with Crippen LogP contribution in [-0.4, -0.2) is 48.9 Å². The Morgan fingerprint density at radius 3 is 2.56 bits per heavy atom. The number of nitrogens with one attached hydrogen (secondary N) is 1. The number of amides is 3. The van der Waals surface area contributed by atoms with Crippen molar-refractivity contribution in [1.29, 1.82) is 0 Å². The average molecular weight is 567 g/mol.